The van der Waals surface area contributed by atoms with Crippen molar-refractivity contribution in [2.45, 2.75) is 6.92 Å². The lowest BCUT2D eigenvalue weighted by Gasteiger charge is -2.28. The maximum absolute atomic E-state index is 13.5. The Hall–Kier alpha value is -2.87. The molecule has 0 saturated carbocycles. The third kappa shape index (κ3) is 4.50. The minimum Gasteiger partial charge on any atom is -0.496 e. The van der Waals surface area contributed by atoms with Crippen LogP contribution in [-0.2, 0) is 14.3 Å². The van der Waals surface area contributed by atoms with E-state index in [9.17, 15) is 9.59 Å². The third-order valence-electron chi connectivity index (χ3n) is 5.74. The molecular formula is C24H26ClN3O4. The molecule has 7 nitrogen and oxygen atoms in total. The fourth-order valence-electron chi connectivity index (χ4n) is 3.96. The van der Waals surface area contributed by atoms with E-state index in [2.05, 4.69) is 10.2 Å². The Morgan fingerprint density at radius 2 is 1.81 bits per heavy atom. The number of hydrogen-bond acceptors (Lipinski definition) is 6. The molecule has 2 aromatic rings. The number of amides is 2. The Balaban J connectivity index is 1.68. The number of ether oxygens (including phenoxy) is 2. The molecule has 0 aliphatic carbocycles. The van der Waals surface area contributed by atoms with Crippen LogP contribution in [0.15, 0.2) is 48.2 Å². The SMILES string of the molecule is COc1ccccc1C1=C(Nc2ccc(Cl)cc2C)C(=O)N(CCN2CCOCC2)C1=O. The molecule has 0 bridgehead atoms. The molecule has 0 spiro atoms. The van der Waals surface area contributed by atoms with E-state index in [0.29, 0.717) is 53.9 Å². The number of imide groups is 1. The van der Waals surface area contributed by atoms with Crippen LogP contribution in [0.1, 0.15) is 11.1 Å². The average molecular weight is 456 g/mol. The van der Waals surface area contributed by atoms with Crippen LogP contribution in [0.5, 0.6) is 5.75 Å². The van der Waals surface area contributed by atoms with Crippen LogP contribution in [0, 0.1) is 6.92 Å². The molecule has 32 heavy (non-hydrogen) atoms. The Morgan fingerprint density at radius 3 is 2.53 bits per heavy atom. The van der Waals surface area contributed by atoms with Crippen molar-refractivity contribution in [1.82, 2.24) is 9.80 Å². The monoisotopic (exact) mass is 455 g/mol. The van der Waals surface area contributed by atoms with Crippen molar-refractivity contribution in [3.05, 3.63) is 64.3 Å². The van der Waals surface area contributed by atoms with Gasteiger partial charge in [0.15, 0.2) is 0 Å². The summed E-state index contributed by atoms with van der Waals surface area (Å²) in [7, 11) is 1.55. The highest BCUT2D eigenvalue weighted by molar-refractivity contribution is 6.37. The molecule has 0 radical (unpaired) electrons. The summed E-state index contributed by atoms with van der Waals surface area (Å²) < 4.78 is 10.9. The average Bonchev–Trinajstić information content (AvgIpc) is 3.03. The van der Waals surface area contributed by atoms with Gasteiger partial charge in [-0.15, -0.1) is 0 Å². The van der Waals surface area contributed by atoms with Crippen LogP contribution in [0.25, 0.3) is 5.57 Å². The number of nitrogens with zero attached hydrogens (tertiary/aromatic N) is 2. The van der Waals surface area contributed by atoms with Crippen molar-refractivity contribution >= 4 is 34.7 Å². The first kappa shape index (κ1) is 22.3. The summed E-state index contributed by atoms with van der Waals surface area (Å²) in [4.78, 5) is 30.4. The summed E-state index contributed by atoms with van der Waals surface area (Å²) in [6.45, 7) is 5.71. The van der Waals surface area contributed by atoms with Crippen LogP contribution < -0.4 is 10.1 Å². The van der Waals surface area contributed by atoms with Gasteiger partial charge in [0, 0.05) is 42.5 Å². The smallest absolute Gasteiger partial charge is 0.278 e. The van der Waals surface area contributed by atoms with Gasteiger partial charge in [-0.2, -0.15) is 0 Å². The number of halogens is 1. The number of para-hydroxylation sites is 1. The van der Waals surface area contributed by atoms with E-state index >= 15 is 0 Å². The molecule has 0 unspecified atom stereocenters. The molecule has 0 atom stereocenters. The molecule has 4 rings (SSSR count). The molecule has 8 heteroatoms. The van der Waals surface area contributed by atoms with Gasteiger partial charge in [0.25, 0.3) is 11.8 Å². The van der Waals surface area contributed by atoms with E-state index in [1.165, 1.54) is 4.90 Å². The lowest BCUT2D eigenvalue weighted by atomic mass is 10.0. The molecule has 1 N–H and O–H groups in total. The predicted octanol–water partition coefficient (Wildman–Crippen LogP) is 3.18. The first-order chi connectivity index (χ1) is 15.5. The zero-order valence-electron chi connectivity index (χ0n) is 18.2. The molecule has 1 saturated heterocycles. The van der Waals surface area contributed by atoms with Crippen molar-refractivity contribution in [2.75, 3.05) is 51.8 Å². The molecule has 0 aromatic heterocycles. The molecule has 2 aromatic carbocycles. The number of rotatable bonds is 7. The summed E-state index contributed by atoms with van der Waals surface area (Å²) >= 11 is 6.09. The van der Waals surface area contributed by atoms with Crippen molar-refractivity contribution in [2.24, 2.45) is 0 Å². The maximum atomic E-state index is 13.5. The van der Waals surface area contributed by atoms with Gasteiger partial charge in [0.1, 0.15) is 11.4 Å². The first-order valence-electron chi connectivity index (χ1n) is 10.6. The second-order valence-electron chi connectivity index (χ2n) is 7.75. The molecule has 1 fully saturated rings. The number of hydrogen-bond donors (Lipinski definition) is 1. The lowest BCUT2D eigenvalue weighted by molar-refractivity contribution is -0.137. The fourth-order valence-corrected chi connectivity index (χ4v) is 4.19. The summed E-state index contributed by atoms with van der Waals surface area (Å²) in [5, 5.41) is 3.81. The lowest BCUT2D eigenvalue weighted by Crippen LogP contribution is -2.43. The standard InChI is InChI=1S/C24H26ClN3O4/c1-16-15-17(25)7-8-19(16)26-22-21(18-5-3-4-6-20(18)31-2)23(29)28(24(22)30)10-9-27-11-13-32-14-12-27/h3-8,15,26H,9-14H2,1-2H3. The zero-order chi connectivity index (χ0) is 22.7. The van der Waals surface area contributed by atoms with Gasteiger partial charge < -0.3 is 14.8 Å². The Morgan fingerprint density at radius 1 is 1.06 bits per heavy atom. The van der Waals surface area contributed by atoms with Crippen molar-refractivity contribution in [1.29, 1.82) is 0 Å². The molecule has 168 valence electrons. The topological polar surface area (TPSA) is 71.1 Å². The summed E-state index contributed by atoms with van der Waals surface area (Å²) in [5.74, 6) is -0.147. The Labute approximate surface area is 192 Å². The molecular weight excluding hydrogens is 430 g/mol. The third-order valence-corrected chi connectivity index (χ3v) is 5.97. The van der Waals surface area contributed by atoms with Crippen molar-refractivity contribution in [3.8, 4) is 5.75 Å². The summed E-state index contributed by atoms with van der Waals surface area (Å²) in [6, 6.07) is 12.6. The van der Waals surface area contributed by atoms with E-state index in [1.807, 2.05) is 25.1 Å². The number of carbonyl (C=O) groups excluding carboxylic acids is 2. The number of nitrogens with one attached hydrogen (secondary N) is 1. The van der Waals surface area contributed by atoms with Crippen molar-refractivity contribution < 1.29 is 19.1 Å². The second kappa shape index (κ2) is 9.73. The Bertz CT molecular complexity index is 1060. The number of anilines is 1. The van der Waals surface area contributed by atoms with Gasteiger partial charge in [-0.05, 0) is 36.8 Å². The minimum atomic E-state index is -0.349. The van der Waals surface area contributed by atoms with Gasteiger partial charge in [-0.25, -0.2) is 0 Å². The van der Waals surface area contributed by atoms with Gasteiger partial charge in [0.05, 0.1) is 25.9 Å². The Kier molecular flexibility index (Phi) is 6.79. The van der Waals surface area contributed by atoms with E-state index in [4.69, 9.17) is 21.1 Å². The van der Waals surface area contributed by atoms with E-state index in [0.717, 1.165) is 18.7 Å². The van der Waals surface area contributed by atoms with Crippen LogP contribution >= 0.6 is 11.6 Å². The largest absolute Gasteiger partial charge is 0.496 e. The van der Waals surface area contributed by atoms with Gasteiger partial charge >= 0.3 is 0 Å². The maximum Gasteiger partial charge on any atom is 0.278 e. The fraction of sp³-hybridized carbons (Fsp3) is 0.333. The summed E-state index contributed by atoms with van der Waals surface area (Å²) in [5.41, 5.74) is 2.72. The first-order valence-corrected chi connectivity index (χ1v) is 10.9. The van der Waals surface area contributed by atoms with E-state index < -0.39 is 0 Å². The number of carbonyl (C=O) groups is 2. The van der Waals surface area contributed by atoms with Crippen molar-refractivity contribution in [3.63, 3.8) is 0 Å². The minimum absolute atomic E-state index is 0.242. The molecule has 2 heterocycles. The quantitative estimate of drug-likeness (QED) is 0.646. The van der Waals surface area contributed by atoms with Crippen LogP contribution in [0.3, 0.4) is 0 Å². The highest BCUT2D eigenvalue weighted by Crippen LogP contribution is 2.35. The van der Waals surface area contributed by atoms with Gasteiger partial charge in [0.2, 0.25) is 0 Å². The molecule has 2 amide bonds. The molecule has 2 aliphatic heterocycles. The second-order valence-corrected chi connectivity index (χ2v) is 8.19. The van der Waals surface area contributed by atoms with Crippen LogP contribution in [0.2, 0.25) is 5.02 Å². The van der Waals surface area contributed by atoms with Gasteiger partial charge in [-0.3, -0.25) is 19.4 Å². The number of morpholine rings is 1. The van der Waals surface area contributed by atoms with E-state index in [-0.39, 0.29) is 17.5 Å². The predicted molar refractivity (Wildman–Crippen MR) is 124 cm³/mol. The summed E-state index contributed by atoms with van der Waals surface area (Å²) in [6.07, 6.45) is 0. The normalized spacial score (nSPS) is 17.3. The number of methoxy groups -OCH3 is 1. The highest BCUT2D eigenvalue weighted by Gasteiger charge is 2.40. The number of aryl methyl sites for hydroxylation is 1. The molecule has 2 aliphatic rings. The zero-order valence-corrected chi connectivity index (χ0v) is 18.9. The van der Waals surface area contributed by atoms with Gasteiger partial charge in [-0.1, -0.05) is 29.8 Å². The number of benzene rings is 2. The van der Waals surface area contributed by atoms with E-state index in [1.54, 1.807) is 31.4 Å². The highest BCUT2D eigenvalue weighted by atomic mass is 35.5. The van der Waals surface area contributed by atoms with Crippen LogP contribution in [0.4, 0.5) is 5.69 Å². The van der Waals surface area contributed by atoms with Crippen LogP contribution in [-0.4, -0.2) is 68.1 Å².